The Morgan fingerprint density at radius 1 is 1.19 bits per heavy atom. The van der Waals surface area contributed by atoms with Crippen LogP contribution in [0.4, 0.5) is 4.39 Å². The van der Waals surface area contributed by atoms with Gasteiger partial charge in [0.2, 0.25) is 11.7 Å². The van der Waals surface area contributed by atoms with Crippen molar-refractivity contribution in [1.29, 1.82) is 0 Å². The molecule has 0 fully saturated rings. The minimum Gasteiger partial charge on any atom is -0.370 e. The largest absolute Gasteiger partial charge is 0.370 e. The Bertz CT molecular complexity index is 711. The summed E-state index contributed by atoms with van der Waals surface area (Å²) in [5.74, 6) is 1.92. The van der Waals surface area contributed by atoms with Crippen molar-refractivity contribution in [2.45, 2.75) is 58.9 Å². The molecule has 6 nitrogen and oxygen atoms in total. The number of hydrogen-bond donors (Lipinski definition) is 2. The van der Waals surface area contributed by atoms with Crippen molar-refractivity contribution in [3.63, 3.8) is 0 Å². The van der Waals surface area contributed by atoms with E-state index in [0.717, 1.165) is 24.3 Å². The zero-order valence-electron chi connectivity index (χ0n) is 16.4. The molecule has 7 heteroatoms. The third-order valence-electron chi connectivity index (χ3n) is 4.21. The van der Waals surface area contributed by atoms with Gasteiger partial charge >= 0.3 is 0 Å². The lowest BCUT2D eigenvalue weighted by Crippen LogP contribution is -2.38. The van der Waals surface area contributed by atoms with Crippen LogP contribution in [0.3, 0.4) is 0 Å². The molecule has 2 aromatic rings. The van der Waals surface area contributed by atoms with Gasteiger partial charge in [0.05, 0.1) is 0 Å². The summed E-state index contributed by atoms with van der Waals surface area (Å²) in [6.07, 6.45) is 4.88. The molecular weight excluding hydrogens is 345 g/mol. The van der Waals surface area contributed by atoms with Gasteiger partial charge in [-0.3, -0.25) is 4.99 Å². The fourth-order valence-electron chi connectivity index (χ4n) is 2.70. The molecule has 2 rings (SSSR count). The van der Waals surface area contributed by atoms with E-state index in [-0.39, 0.29) is 5.82 Å². The maximum atomic E-state index is 13.0. The Labute approximate surface area is 160 Å². The average Bonchev–Trinajstić information content (AvgIpc) is 3.08. The number of aromatic nitrogens is 2. The highest BCUT2D eigenvalue weighted by Gasteiger charge is 2.08. The molecule has 1 aromatic carbocycles. The minimum absolute atomic E-state index is 0.291. The second kappa shape index (κ2) is 10.6. The van der Waals surface area contributed by atoms with E-state index in [1.165, 1.54) is 25.0 Å². The molecule has 3 N–H and O–H groups in total. The van der Waals surface area contributed by atoms with E-state index in [2.05, 4.69) is 41.2 Å². The summed E-state index contributed by atoms with van der Waals surface area (Å²) in [4.78, 5) is 8.68. The molecule has 1 heterocycles. The molecule has 0 amide bonds. The van der Waals surface area contributed by atoms with Crippen molar-refractivity contribution in [1.82, 2.24) is 15.5 Å². The molecule has 0 bridgehead atoms. The molecule has 0 aliphatic rings. The Morgan fingerprint density at radius 3 is 2.63 bits per heavy atom. The minimum atomic E-state index is -0.291. The first-order valence-electron chi connectivity index (χ1n) is 9.59. The highest BCUT2D eigenvalue weighted by Crippen LogP contribution is 2.16. The van der Waals surface area contributed by atoms with Crippen molar-refractivity contribution >= 4 is 5.96 Å². The Morgan fingerprint density at radius 2 is 1.93 bits per heavy atom. The summed E-state index contributed by atoms with van der Waals surface area (Å²) in [6.45, 7) is 7.18. The second-order valence-corrected chi connectivity index (χ2v) is 7.26. The zero-order chi connectivity index (χ0) is 19.6. The van der Waals surface area contributed by atoms with Crippen molar-refractivity contribution < 1.29 is 8.91 Å². The van der Waals surface area contributed by atoms with E-state index in [0.29, 0.717) is 36.7 Å². The molecule has 27 heavy (non-hydrogen) atoms. The van der Waals surface area contributed by atoms with E-state index >= 15 is 0 Å². The van der Waals surface area contributed by atoms with Gasteiger partial charge in [0.25, 0.3) is 0 Å². The van der Waals surface area contributed by atoms with Gasteiger partial charge < -0.3 is 15.6 Å². The quantitative estimate of drug-likeness (QED) is 0.373. The number of nitrogens with zero attached hydrogens (tertiary/aromatic N) is 3. The van der Waals surface area contributed by atoms with Gasteiger partial charge in [0, 0.05) is 24.6 Å². The predicted molar refractivity (Wildman–Crippen MR) is 106 cm³/mol. The SMILES string of the molecule is CC(C)CCCC(C)NC(N)=NCCCc1nc(-c2ccc(F)cc2)no1. The lowest BCUT2D eigenvalue weighted by Gasteiger charge is -2.15. The lowest BCUT2D eigenvalue weighted by atomic mass is 10.0. The summed E-state index contributed by atoms with van der Waals surface area (Å²) in [7, 11) is 0. The summed E-state index contributed by atoms with van der Waals surface area (Å²) in [6, 6.07) is 6.33. The maximum absolute atomic E-state index is 13.0. The molecule has 148 valence electrons. The van der Waals surface area contributed by atoms with Gasteiger partial charge in [0.1, 0.15) is 5.82 Å². The number of benzene rings is 1. The first-order chi connectivity index (χ1) is 12.9. The van der Waals surface area contributed by atoms with E-state index < -0.39 is 0 Å². The van der Waals surface area contributed by atoms with E-state index in [4.69, 9.17) is 10.3 Å². The second-order valence-electron chi connectivity index (χ2n) is 7.26. The van der Waals surface area contributed by atoms with Crippen LogP contribution in [0.2, 0.25) is 0 Å². The van der Waals surface area contributed by atoms with Crippen LogP contribution < -0.4 is 11.1 Å². The number of nitrogens with one attached hydrogen (secondary N) is 1. The van der Waals surface area contributed by atoms with E-state index in [9.17, 15) is 4.39 Å². The van der Waals surface area contributed by atoms with Crippen LogP contribution in [0.15, 0.2) is 33.8 Å². The van der Waals surface area contributed by atoms with Crippen LogP contribution in [-0.2, 0) is 6.42 Å². The lowest BCUT2D eigenvalue weighted by molar-refractivity contribution is 0.376. The number of aliphatic imine (C=N–C) groups is 1. The van der Waals surface area contributed by atoms with Gasteiger partial charge in [-0.05, 0) is 49.9 Å². The third-order valence-corrected chi connectivity index (χ3v) is 4.21. The van der Waals surface area contributed by atoms with Gasteiger partial charge in [-0.15, -0.1) is 0 Å². The smallest absolute Gasteiger partial charge is 0.227 e. The summed E-state index contributed by atoms with van der Waals surface area (Å²) in [5.41, 5.74) is 6.66. The van der Waals surface area contributed by atoms with Crippen LogP contribution >= 0.6 is 0 Å². The Kier molecular flexibility index (Phi) is 8.23. The molecular formula is C20H30FN5O. The Balaban J connectivity index is 1.70. The normalized spacial score (nSPS) is 13.1. The summed E-state index contributed by atoms with van der Waals surface area (Å²) in [5, 5.41) is 7.16. The van der Waals surface area contributed by atoms with Crippen molar-refractivity contribution in [2.75, 3.05) is 6.54 Å². The van der Waals surface area contributed by atoms with Crippen LogP contribution in [-0.4, -0.2) is 28.7 Å². The van der Waals surface area contributed by atoms with Crippen molar-refractivity contribution in [2.24, 2.45) is 16.6 Å². The van der Waals surface area contributed by atoms with Crippen LogP contribution in [0.25, 0.3) is 11.4 Å². The number of halogens is 1. The van der Waals surface area contributed by atoms with E-state index in [1.807, 2.05) is 0 Å². The molecule has 0 spiro atoms. The van der Waals surface area contributed by atoms with Crippen LogP contribution in [0.5, 0.6) is 0 Å². The fraction of sp³-hybridized carbons (Fsp3) is 0.550. The maximum Gasteiger partial charge on any atom is 0.227 e. The topological polar surface area (TPSA) is 89.3 Å². The molecule has 0 saturated carbocycles. The van der Waals surface area contributed by atoms with Crippen molar-refractivity contribution in [3.05, 3.63) is 36.0 Å². The highest BCUT2D eigenvalue weighted by atomic mass is 19.1. The monoisotopic (exact) mass is 375 g/mol. The third kappa shape index (κ3) is 7.76. The van der Waals surface area contributed by atoms with Crippen molar-refractivity contribution in [3.8, 4) is 11.4 Å². The standard InChI is InChI=1S/C20H30FN5O/c1-14(2)6-4-7-15(3)24-20(22)23-13-5-8-18-25-19(26-27-18)16-9-11-17(21)12-10-16/h9-12,14-15H,4-8,13H2,1-3H3,(H3,22,23,24). The summed E-state index contributed by atoms with van der Waals surface area (Å²) >= 11 is 0. The van der Waals surface area contributed by atoms with Gasteiger partial charge in [-0.1, -0.05) is 31.8 Å². The van der Waals surface area contributed by atoms with Crippen LogP contribution in [0.1, 0.15) is 52.3 Å². The first-order valence-corrected chi connectivity index (χ1v) is 9.59. The van der Waals surface area contributed by atoms with Gasteiger partial charge in [-0.2, -0.15) is 4.98 Å². The molecule has 1 unspecified atom stereocenters. The predicted octanol–water partition coefficient (Wildman–Crippen LogP) is 3.93. The van der Waals surface area contributed by atoms with Gasteiger partial charge in [-0.25, -0.2) is 4.39 Å². The molecule has 0 radical (unpaired) electrons. The Hall–Kier alpha value is -2.44. The number of rotatable bonds is 10. The number of guanidine groups is 1. The van der Waals surface area contributed by atoms with Gasteiger partial charge in [0.15, 0.2) is 5.96 Å². The number of hydrogen-bond acceptors (Lipinski definition) is 4. The highest BCUT2D eigenvalue weighted by molar-refractivity contribution is 5.78. The summed E-state index contributed by atoms with van der Waals surface area (Å²) < 4.78 is 18.2. The average molecular weight is 375 g/mol. The fourth-order valence-corrected chi connectivity index (χ4v) is 2.70. The van der Waals surface area contributed by atoms with E-state index in [1.54, 1.807) is 12.1 Å². The van der Waals surface area contributed by atoms with Crippen LogP contribution in [0, 0.1) is 11.7 Å². The number of nitrogens with two attached hydrogens (primary N) is 1. The first kappa shape index (κ1) is 20.9. The zero-order valence-corrected chi connectivity index (χ0v) is 16.4. The molecule has 0 aliphatic heterocycles. The number of aryl methyl sites for hydroxylation is 1. The molecule has 1 atom stereocenters. The molecule has 0 aliphatic carbocycles. The molecule has 0 saturated heterocycles. The molecule has 1 aromatic heterocycles.